The Labute approximate surface area is 96.0 Å². The van der Waals surface area contributed by atoms with Gasteiger partial charge in [-0.2, -0.15) is 0 Å². The molecule has 1 amide bonds. The van der Waals surface area contributed by atoms with Crippen LogP contribution in [0.2, 0.25) is 0 Å². The molecule has 1 aromatic rings. The van der Waals surface area contributed by atoms with Gasteiger partial charge in [0.15, 0.2) is 0 Å². The van der Waals surface area contributed by atoms with Crippen molar-refractivity contribution >= 4 is 6.41 Å². The molecule has 0 aromatic heterocycles. The van der Waals surface area contributed by atoms with Gasteiger partial charge in [0.25, 0.3) is 0 Å². The van der Waals surface area contributed by atoms with Crippen LogP contribution in [0.4, 0.5) is 0 Å². The fourth-order valence-electron chi connectivity index (χ4n) is 1.39. The summed E-state index contributed by atoms with van der Waals surface area (Å²) in [7, 11) is 1.86. The highest BCUT2D eigenvalue weighted by molar-refractivity contribution is 5.45. The van der Waals surface area contributed by atoms with Gasteiger partial charge in [0, 0.05) is 13.1 Å². The van der Waals surface area contributed by atoms with Crippen molar-refractivity contribution in [2.45, 2.75) is 12.7 Å². The van der Waals surface area contributed by atoms with Gasteiger partial charge in [0.2, 0.25) is 6.41 Å². The number of carbonyl (C=O) groups is 1. The second kappa shape index (κ2) is 7.84. The highest BCUT2D eigenvalue weighted by atomic mass is 16.5. The first kappa shape index (κ1) is 12.7. The summed E-state index contributed by atoms with van der Waals surface area (Å²) >= 11 is 0. The maximum absolute atomic E-state index is 10.2. The zero-order valence-electron chi connectivity index (χ0n) is 9.48. The van der Waals surface area contributed by atoms with Crippen LogP contribution in [0.15, 0.2) is 30.3 Å². The monoisotopic (exact) mass is 222 g/mol. The quantitative estimate of drug-likeness (QED) is 0.631. The molecule has 1 unspecified atom stereocenters. The maximum atomic E-state index is 10.2. The van der Waals surface area contributed by atoms with E-state index in [1.807, 2.05) is 37.4 Å². The van der Waals surface area contributed by atoms with E-state index in [1.165, 1.54) is 0 Å². The van der Waals surface area contributed by atoms with Crippen molar-refractivity contribution in [3.05, 3.63) is 35.9 Å². The van der Waals surface area contributed by atoms with Gasteiger partial charge in [0.05, 0.1) is 12.7 Å². The second-order valence-corrected chi connectivity index (χ2v) is 3.50. The lowest BCUT2D eigenvalue weighted by Crippen LogP contribution is -2.35. The summed E-state index contributed by atoms with van der Waals surface area (Å²) in [6.07, 6.45) is 0.685. The van der Waals surface area contributed by atoms with E-state index in [2.05, 4.69) is 10.6 Å². The molecule has 0 saturated carbocycles. The maximum Gasteiger partial charge on any atom is 0.207 e. The summed E-state index contributed by atoms with van der Waals surface area (Å²) in [5.74, 6) is 0. The molecule has 0 heterocycles. The number of amides is 1. The standard InChI is InChI=1S/C12H18N2O2/c1-13-7-12(8-14-10-15)16-9-11-5-3-2-4-6-11/h2-6,10,12-13H,7-9H2,1H3,(H,14,15). The van der Waals surface area contributed by atoms with Gasteiger partial charge in [-0.1, -0.05) is 30.3 Å². The minimum absolute atomic E-state index is 0.00425. The largest absolute Gasteiger partial charge is 0.370 e. The third-order valence-corrected chi connectivity index (χ3v) is 2.19. The van der Waals surface area contributed by atoms with Gasteiger partial charge in [-0.05, 0) is 12.6 Å². The molecule has 0 saturated heterocycles. The van der Waals surface area contributed by atoms with Crippen LogP contribution in [-0.2, 0) is 16.1 Å². The Hall–Kier alpha value is -1.39. The number of hydrogen-bond acceptors (Lipinski definition) is 3. The number of hydrogen-bond donors (Lipinski definition) is 2. The minimum atomic E-state index is -0.00425. The topological polar surface area (TPSA) is 50.4 Å². The van der Waals surface area contributed by atoms with Crippen LogP contribution in [0.3, 0.4) is 0 Å². The average Bonchev–Trinajstić information content (AvgIpc) is 2.34. The predicted octanol–water partition coefficient (Wildman–Crippen LogP) is 0.537. The lowest BCUT2D eigenvalue weighted by atomic mass is 10.2. The Kier molecular flexibility index (Phi) is 6.22. The number of ether oxygens (including phenoxy) is 1. The Morgan fingerprint density at radius 2 is 2.06 bits per heavy atom. The average molecular weight is 222 g/mol. The summed E-state index contributed by atoms with van der Waals surface area (Å²) in [5.41, 5.74) is 1.13. The normalized spacial score (nSPS) is 12.1. The molecule has 16 heavy (non-hydrogen) atoms. The van der Waals surface area contributed by atoms with Crippen molar-refractivity contribution in [2.75, 3.05) is 20.1 Å². The second-order valence-electron chi connectivity index (χ2n) is 3.50. The zero-order valence-corrected chi connectivity index (χ0v) is 9.48. The van der Waals surface area contributed by atoms with E-state index in [4.69, 9.17) is 4.74 Å². The number of likely N-dealkylation sites (N-methyl/N-ethyl adjacent to an activating group) is 1. The van der Waals surface area contributed by atoms with E-state index in [9.17, 15) is 4.79 Å². The summed E-state index contributed by atoms with van der Waals surface area (Å²) in [6.45, 7) is 1.80. The van der Waals surface area contributed by atoms with E-state index in [1.54, 1.807) is 0 Å². The van der Waals surface area contributed by atoms with Crippen LogP contribution < -0.4 is 10.6 Å². The van der Waals surface area contributed by atoms with E-state index < -0.39 is 0 Å². The highest BCUT2D eigenvalue weighted by Gasteiger charge is 2.07. The Morgan fingerprint density at radius 1 is 1.31 bits per heavy atom. The number of benzene rings is 1. The van der Waals surface area contributed by atoms with Crippen molar-refractivity contribution in [1.29, 1.82) is 0 Å². The molecule has 4 heteroatoms. The fourth-order valence-corrected chi connectivity index (χ4v) is 1.39. The van der Waals surface area contributed by atoms with E-state index in [0.29, 0.717) is 26.1 Å². The van der Waals surface area contributed by atoms with Crippen LogP contribution in [-0.4, -0.2) is 32.7 Å². The molecular formula is C12H18N2O2. The van der Waals surface area contributed by atoms with Crippen molar-refractivity contribution < 1.29 is 9.53 Å². The molecule has 0 aliphatic heterocycles. The van der Waals surface area contributed by atoms with E-state index in [-0.39, 0.29) is 6.10 Å². The molecule has 2 N–H and O–H groups in total. The van der Waals surface area contributed by atoms with E-state index >= 15 is 0 Å². The molecule has 0 radical (unpaired) electrons. The summed E-state index contributed by atoms with van der Waals surface area (Å²) in [6, 6.07) is 9.97. The van der Waals surface area contributed by atoms with Crippen LogP contribution in [0.5, 0.6) is 0 Å². The van der Waals surface area contributed by atoms with Crippen molar-refractivity contribution in [3.8, 4) is 0 Å². The Morgan fingerprint density at radius 3 is 2.69 bits per heavy atom. The molecule has 0 fully saturated rings. The molecule has 1 aromatic carbocycles. The molecule has 1 atom stereocenters. The van der Waals surface area contributed by atoms with Gasteiger partial charge < -0.3 is 15.4 Å². The number of nitrogens with one attached hydrogen (secondary N) is 2. The fraction of sp³-hybridized carbons (Fsp3) is 0.417. The van der Waals surface area contributed by atoms with Crippen molar-refractivity contribution in [3.63, 3.8) is 0 Å². The van der Waals surface area contributed by atoms with E-state index in [0.717, 1.165) is 5.56 Å². The third kappa shape index (κ3) is 4.91. The van der Waals surface area contributed by atoms with Gasteiger partial charge >= 0.3 is 0 Å². The molecule has 88 valence electrons. The lowest BCUT2D eigenvalue weighted by molar-refractivity contribution is -0.110. The predicted molar refractivity (Wildman–Crippen MR) is 63.0 cm³/mol. The molecule has 1 rings (SSSR count). The van der Waals surface area contributed by atoms with Crippen LogP contribution in [0.25, 0.3) is 0 Å². The zero-order chi connectivity index (χ0) is 11.6. The first-order chi connectivity index (χ1) is 7.86. The first-order valence-electron chi connectivity index (χ1n) is 5.34. The Balaban J connectivity index is 2.34. The van der Waals surface area contributed by atoms with Crippen molar-refractivity contribution in [1.82, 2.24) is 10.6 Å². The first-order valence-corrected chi connectivity index (χ1v) is 5.34. The number of carbonyl (C=O) groups excluding carboxylic acids is 1. The molecule has 0 aliphatic carbocycles. The summed E-state index contributed by atoms with van der Waals surface area (Å²) < 4.78 is 5.69. The molecule has 0 spiro atoms. The van der Waals surface area contributed by atoms with Crippen LogP contribution >= 0.6 is 0 Å². The van der Waals surface area contributed by atoms with Crippen LogP contribution in [0.1, 0.15) is 5.56 Å². The third-order valence-electron chi connectivity index (χ3n) is 2.19. The van der Waals surface area contributed by atoms with Gasteiger partial charge in [-0.3, -0.25) is 4.79 Å². The lowest BCUT2D eigenvalue weighted by Gasteiger charge is -2.17. The van der Waals surface area contributed by atoms with Gasteiger partial charge in [0.1, 0.15) is 0 Å². The molecular weight excluding hydrogens is 204 g/mol. The smallest absolute Gasteiger partial charge is 0.207 e. The van der Waals surface area contributed by atoms with Crippen LogP contribution in [0, 0.1) is 0 Å². The molecule has 0 bridgehead atoms. The molecule has 0 aliphatic rings. The minimum Gasteiger partial charge on any atom is -0.370 e. The Bertz CT molecular complexity index is 290. The number of rotatable bonds is 8. The van der Waals surface area contributed by atoms with Gasteiger partial charge in [-0.15, -0.1) is 0 Å². The highest BCUT2D eigenvalue weighted by Crippen LogP contribution is 2.02. The molecule has 4 nitrogen and oxygen atoms in total. The summed E-state index contributed by atoms with van der Waals surface area (Å²) in [4.78, 5) is 10.2. The summed E-state index contributed by atoms with van der Waals surface area (Å²) in [5, 5.41) is 5.66. The van der Waals surface area contributed by atoms with Crippen molar-refractivity contribution in [2.24, 2.45) is 0 Å². The van der Waals surface area contributed by atoms with Gasteiger partial charge in [-0.25, -0.2) is 0 Å². The SMILES string of the molecule is CNCC(CNC=O)OCc1ccccc1.